The number of aromatic nitrogens is 1. The highest BCUT2D eigenvalue weighted by Gasteiger charge is 2.28. The van der Waals surface area contributed by atoms with Gasteiger partial charge in [-0.1, -0.05) is 43.7 Å². The third kappa shape index (κ3) is 5.11. The van der Waals surface area contributed by atoms with Crippen molar-refractivity contribution in [2.75, 3.05) is 13.7 Å². The van der Waals surface area contributed by atoms with Gasteiger partial charge < -0.3 is 20.8 Å². The lowest BCUT2D eigenvalue weighted by molar-refractivity contribution is -0.126. The van der Waals surface area contributed by atoms with Crippen LogP contribution in [0.4, 0.5) is 0 Å². The van der Waals surface area contributed by atoms with Crippen molar-refractivity contribution in [3.05, 3.63) is 65.9 Å². The first kappa shape index (κ1) is 22.8. The molecule has 2 unspecified atom stereocenters. The monoisotopic (exact) mass is 415 g/mol. The number of benzene rings is 2. The Morgan fingerprint density at radius 2 is 1.90 bits per heavy atom. The number of methoxy groups -OCH3 is 1. The maximum Gasteiger partial charge on any atom is 0.239 e. The summed E-state index contributed by atoms with van der Waals surface area (Å²) >= 11 is 0. The number of hydrogen-bond donors (Lipinski definition) is 3. The van der Waals surface area contributed by atoms with Gasteiger partial charge in [-0.2, -0.15) is 0 Å². The SMILES string of the molecule is CCCC(C)(N)C(=O)NCC(c1ccc(OC)cc1)c1c[nH]c2ccccc12.Cl. The van der Waals surface area contributed by atoms with Gasteiger partial charge in [0.15, 0.2) is 0 Å². The fraction of sp³-hybridized carbons (Fsp3) is 0.348. The molecular weight excluding hydrogens is 386 g/mol. The van der Waals surface area contributed by atoms with E-state index >= 15 is 0 Å². The molecule has 0 bridgehead atoms. The van der Waals surface area contributed by atoms with Crippen LogP contribution >= 0.6 is 12.4 Å². The van der Waals surface area contributed by atoms with Gasteiger partial charge in [0.1, 0.15) is 5.75 Å². The molecule has 5 nitrogen and oxygen atoms in total. The molecule has 0 fully saturated rings. The molecule has 29 heavy (non-hydrogen) atoms. The number of nitrogens with two attached hydrogens (primary N) is 1. The van der Waals surface area contributed by atoms with Crippen molar-refractivity contribution < 1.29 is 9.53 Å². The number of carbonyl (C=O) groups is 1. The molecule has 0 aliphatic carbocycles. The fourth-order valence-electron chi connectivity index (χ4n) is 3.66. The molecule has 156 valence electrons. The van der Waals surface area contributed by atoms with E-state index in [0.29, 0.717) is 13.0 Å². The van der Waals surface area contributed by atoms with Gasteiger partial charge in [0.25, 0.3) is 0 Å². The fourth-order valence-corrected chi connectivity index (χ4v) is 3.66. The third-order valence-corrected chi connectivity index (χ3v) is 5.27. The van der Waals surface area contributed by atoms with Gasteiger partial charge in [0.05, 0.1) is 12.6 Å². The van der Waals surface area contributed by atoms with Crippen LogP contribution in [-0.2, 0) is 4.79 Å². The molecular formula is C23H30ClN3O2. The molecule has 3 rings (SSSR count). The van der Waals surface area contributed by atoms with Gasteiger partial charge in [-0.3, -0.25) is 4.79 Å². The Morgan fingerprint density at radius 3 is 2.55 bits per heavy atom. The van der Waals surface area contributed by atoms with Crippen molar-refractivity contribution in [1.29, 1.82) is 0 Å². The maximum atomic E-state index is 12.7. The Labute approximate surface area is 178 Å². The second-order valence-corrected chi connectivity index (χ2v) is 7.49. The molecule has 0 spiro atoms. The minimum atomic E-state index is -0.862. The molecule has 0 aliphatic heterocycles. The van der Waals surface area contributed by atoms with Crippen molar-refractivity contribution in [1.82, 2.24) is 10.3 Å². The number of ether oxygens (including phenoxy) is 1. The Bertz CT molecular complexity index is 935. The zero-order valence-electron chi connectivity index (χ0n) is 17.2. The number of halogens is 1. The molecule has 1 heterocycles. The summed E-state index contributed by atoms with van der Waals surface area (Å²) in [6.07, 6.45) is 3.54. The van der Waals surface area contributed by atoms with Gasteiger partial charge in [0.2, 0.25) is 5.91 Å². The van der Waals surface area contributed by atoms with E-state index in [9.17, 15) is 4.79 Å². The predicted octanol–water partition coefficient (Wildman–Crippen LogP) is 4.36. The Morgan fingerprint density at radius 1 is 1.21 bits per heavy atom. The zero-order valence-corrected chi connectivity index (χ0v) is 18.0. The normalized spacial score (nSPS) is 13.9. The third-order valence-electron chi connectivity index (χ3n) is 5.27. The van der Waals surface area contributed by atoms with Crippen LogP contribution in [0.3, 0.4) is 0 Å². The highest BCUT2D eigenvalue weighted by atomic mass is 35.5. The van der Waals surface area contributed by atoms with Crippen LogP contribution in [0.1, 0.15) is 43.7 Å². The zero-order chi connectivity index (χ0) is 20.1. The average molecular weight is 416 g/mol. The molecule has 1 amide bonds. The standard InChI is InChI=1S/C23H29N3O2.ClH/c1-4-13-23(2,24)22(27)26-14-19(16-9-11-17(28-3)12-10-16)20-15-25-21-8-6-5-7-18(20)21;/h5-12,15,19,25H,4,13-14,24H2,1-3H3,(H,26,27);1H. The lowest BCUT2D eigenvalue weighted by atomic mass is 9.90. The van der Waals surface area contributed by atoms with Crippen molar-refractivity contribution in [3.8, 4) is 5.75 Å². The highest BCUT2D eigenvalue weighted by Crippen LogP contribution is 2.31. The summed E-state index contributed by atoms with van der Waals surface area (Å²) in [5.41, 5.74) is 8.69. The molecule has 0 aliphatic rings. The summed E-state index contributed by atoms with van der Waals surface area (Å²) in [4.78, 5) is 16.0. The van der Waals surface area contributed by atoms with Crippen LogP contribution in [0.25, 0.3) is 10.9 Å². The molecule has 0 saturated carbocycles. The second kappa shape index (κ2) is 9.81. The molecule has 6 heteroatoms. The first-order valence-corrected chi connectivity index (χ1v) is 9.73. The lowest BCUT2D eigenvalue weighted by Gasteiger charge is -2.25. The number of fused-ring (bicyclic) bond motifs is 1. The Kier molecular flexibility index (Phi) is 7.71. The minimum absolute atomic E-state index is 0. The summed E-state index contributed by atoms with van der Waals surface area (Å²) in [5, 5.41) is 4.23. The molecule has 3 aromatic rings. The quantitative estimate of drug-likeness (QED) is 0.511. The van der Waals surface area contributed by atoms with E-state index in [1.54, 1.807) is 14.0 Å². The largest absolute Gasteiger partial charge is 0.497 e. The first-order chi connectivity index (χ1) is 13.5. The van der Waals surface area contributed by atoms with E-state index in [0.717, 1.165) is 34.2 Å². The van der Waals surface area contributed by atoms with Crippen LogP contribution in [-0.4, -0.2) is 30.1 Å². The maximum absolute atomic E-state index is 12.7. The number of aromatic amines is 1. The van der Waals surface area contributed by atoms with Crippen molar-refractivity contribution in [2.45, 2.75) is 38.1 Å². The first-order valence-electron chi connectivity index (χ1n) is 9.73. The topological polar surface area (TPSA) is 80.1 Å². The van der Waals surface area contributed by atoms with Gasteiger partial charge in [-0.05, 0) is 42.7 Å². The molecule has 4 N–H and O–H groups in total. The van der Waals surface area contributed by atoms with Crippen LogP contribution < -0.4 is 15.8 Å². The van der Waals surface area contributed by atoms with Gasteiger partial charge in [-0.15, -0.1) is 12.4 Å². The molecule has 2 aromatic carbocycles. The van der Waals surface area contributed by atoms with Gasteiger partial charge in [0, 0.05) is 29.6 Å². The lowest BCUT2D eigenvalue weighted by Crippen LogP contribution is -2.52. The van der Waals surface area contributed by atoms with E-state index in [-0.39, 0.29) is 24.2 Å². The number of para-hydroxylation sites is 1. The van der Waals surface area contributed by atoms with Crippen molar-refractivity contribution >= 4 is 29.2 Å². The average Bonchev–Trinajstić information content (AvgIpc) is 3.12. The number of amides is 1. The number of hydrogen-bond acceptors (Lipinski definition) is 3. The Hall–Kier alpha value is -2.50. The Balaban J connectivity index is 0.00000300. The van der Waals surface area contributed by atoms with E-state index < -0.39 is 5.54 Å². The van der Waals surface area contributed by atoms with Crippen LogP contribution in [0.5, 0.6) is 5.75 Å². The predicted molar refractivity (Wildman–Crippen MR) is 121 cm³/mol. The number of rotatable bonds is 8. The molecule has 2 atom stereocenters. The van der Waals surface area contributed by atoms with Gasteiger partial charge >= 0.3 is 0 Å². The van der Waals surface area contributed by atoms with Crippen LogP contribution in [0.15, 0.2) is 54.7 Å². The minimum Gasteiger partial charge on any atom is -0.497 e. The smallest absolute Gasteiger partial charge is 0.239 e. The summed E-state index contributed by atoms with van der Waals surface area (Å²) < 4.78 is 5.29. The number of nitrogens with one attached hydrogen (secondary N) is 2. The van der Waals surface area contributed by atoms with Crippen molar-refractivity contribution in [3.63, 3.8) is 0 Å². The van der Waals surface area contributed by atoms with Crippen LogP contribution in [0, 0.1) is 0 Å². The summed E-state index contributed by atoms with van der Waals surface area (Å²) in [6.45, 7) is 4.30. The summed E-state index contributed by atoms with van der Waals surface area (Å²) in [6, 6.07) is 16.2. The van der Waals surface area contributed by atoms with E-state index in [1.165, 1.54) is 0 Å². The van der Waals surface area contributed by atoms with E-state index in [4.69, 9.17) is 10.5 Å². The van der Waals surface area contributed by atoms with Gasteiger partial charge in [-0.25, -0.2) is 0 Å². The van der Waals surface area contributed by atoms with Crippen LogP contribution in [0.2, 0.25) is 0 Å². The summed E-state index contributed by atoms with van der Waals surface area (Å²) in [5.74, 6) is 0.694. The molecule has 0 radical (unpaired) electrons. The van der Waals surface area contributed by atoms with E-state index in [1.807, 2.05) is 49.5 Å². The molecule has 0 saturated heterocycles. The second-order valence-electron chi connectivity index (χ2n) is 7.49. The highest BCUT2D eigenvalue weighted by molar-refractivity contribution is 5.86. The van der Waals surface area contributed by atoms with E-state index in [2.05, 4.69) is 22.4 Å². The molecule has 1 aromatic heterocycles. The number of carbonyl (C=O) groups excluding carboxylic acids is 1. The number of H-pyrrole nitrogens is 1. The summed E-state index contributed by atoms with van der Waals surface area (Å²) in [7, 11) is 1.65. The van der Waals surface area contributed by atoms with Crippen molar-refractivity contribution in [2.24, 2.45) is 5.73 Å².